The molecule has 0 heterocycles. The lowest BCUT2D eigenvalue weighted by Crippen LogP contribution is -2.53. The van der Waals surface area contributed by atoms with Crippen molar-refractivity contribution in [2.75, 3.05) is 6.61 Å². The van der Waals surface area contributed by atoms with Crippen LogP contribution in [0, 0.1) is 0 Å². The van der Waals surface area contributed by atoms with E-state index in [9.17, 15) is 25.2 Å². The van der Waals surface area contributed by atoms with E-state index in [1.807, 2.05) is 0 Å². The predicted octanol–water partition coefficient (Wildman–Crippen LogP) is 21.7. The van der Waals surface area contributed by atoms with E-state index in [1.165, 1.54) is 321 Å². The third-order valence-corrected chi connectivity index (χ3v) is 16.9. The molecule has 0 aliphatic carbocycles. The number of hydrogen-bond donors (Lipinski definition) is 5. The van der Waals surface area contributed by atoms with Crippen molar-refractivity contribution in [3.05, 3.63) is 24.3 Å². The SMILES string of the molecule is CCCCCCCCCCCCCCCCCCCCCC/C=C/CC/C=C/CCCC(O)C(O)C(CO)NC(=O)C(O)CCCCCCCCCCCCCCCCCCCCCCCCCCCCCCCCCC. The largest absolute Gasteiger partial charge is 0.394 e. The van der Waals surface area contributed by atoms with Crippen LogP contribution in [0.5, 0.6) is 0 Å². The lowest BCUT2D eigenvalue weighted by atomic mass is 10.00. The van der Waals surface area contributed by atoms with Crippen LogP contribution in [-0.2, 0) is 4.79 Å². The highest BCUT2D eigenvalue weighted by atomic mass is 16.3. The number of carbonyl (C=O) groups is 1. The Kier molecular flexibility index (Phi) is 64.6. The Bertz CT molecular complexity index is 1170. The summed E-state index contributed by atoms with van der Waals surface area (Å²) in [5, 5.41) is 44.2. The van der Waals surface area contributed by atoms with E-state index >= 15 is 0 Å². The summed E-state index contributed by atoms with van der Waals surface area (Å²) in [7, 11) is 0. The van der Waals surface area contributed by atoms with E-state index in [0.717, 1.165) is 38.5 Å². The summed E-state index contributed by atoms with van der Waals surface area (Å²) in [4.78, 5) is 12.7. The Morgan fingerprint density at radius 2 is 0.545 bits per heavy atom. The fourth-order valence-electron chi connectivity index (χ4n) is 11.4. The van der Waals surface area contributed by atoms with E-state index in [-0.39, 0.29) is 0 Å². The number of amides is 1. The molecule has 6 heteroatoms. The van der Waals surface area contributed by atoms with E-state index < -0.39 is 36.9 Å². The van der Waals surface area contributed by atoms with Crippen molar-refractivity contribution in [2.24, 2.45) is 0 Å². The highest BCUT2D eigenvalue weighted by molar-refractivity contribution is 5.80. The first-order chi connectivity index (χ1) is 38.0. The zero-order chi connectivity index (χ0) is 55.8. The Labute approximate surface area is 482 Å². The molecule has 0 aromatic heterocycles. The number of nitrogens with one attached hydrogen (secondary N) is 1. The summed E-state index contributed by atoms with van der Waals surface area (Å²) in [6.07, 6.45) is 83.2. The average molecular weight is 1090 g/mol. The van der Waals surface area contributed by atoms with Crippen molar-refractivity contribution in [1.82, 2.24) is 5.32 Å². The predicted molar refractivity (Wildman–Crippen MR) is 339 cm³/mol. The van der Waals surface area contributed by atoms with Crippen LogP contribution in [0.3, 0.4) is 0 Å². The second-order valence-corrected chi connectivity index (χ2v) is 24.6. The molecule has 0 spiro atoms. The summed E-state index contributed by atoms with van der Waals surface area (Å²) >= 11 is 0. The molecule has 0 saturated heterocycles. The van der Waals surface area contributed by atoms with Gasteiger partial charge in [0.1, 0.15) is 12.2 Å². The van der Waals surface area contributed by atoms with Gasteiger partial charge in [-0.15, -0.1) is 0 Å². The van der Waals surface area contributed by atoms with Gasteiger partial charge in [0, 0.05) is 0 Å². The first-order valence-electron chi connectivity index (χ1n) is 35.2. The second-order valence-electron chi connectivity index (χ2n) is 24.6. The van der Waals surface area contributed by atoms with Gasteiger partial charge in [-0.2, -0.15) is 0 Å². The third-order valence-electron chi connectivity index (χ3n) is 16.9. The zero-order valence-electron chi connectivity index (χ0n) is 52.2. The maximum Gasteiger partial charge on any atom is 0.249 e. The van der Waals surface area contributed by atoms with Crippen molar-refractivity contribution in [3.63, 3.8) is 0 Å². The molecule has 4 unspecified atom stereocenters. The molecule has 0 bridgehead atoms. The van der Waals surface area contributed by atoms with Gasteiger partial charge in [0.2, 0.25) is 5.91 Å². The fourth-order valence-corrected chi connectivity index (χ4v) is 11.4. The third kappa shape index (κ3) is 59.2. The highest BCUT2D eigenvalue weighted by Crippen LogP contribution is 2.20. The summed E-state index contributed by atoms with van der Waals surface area (Å²) in [6.45, 7) is 4.10. The number of aliphatic hydroxyl groups is 4. The van der Waals surface area contributed by atoms with Crippen molar-refractivity contribution < 1.29 is 25.2 Å². The van der Waals surface area contributed by atoms with E-state index in [0.29, 0.717) is 19.3 Å². The van der Waals surface area contributed by atoms with Gasteiger partial charge in [0.25, 0.3) is 0 Å². The van der Waals surface area contributed by atoms with Crippen LogP contribution >= 0.6 is 0 Å². The number of allylic oxidation sites excluding steroid dienone is 4. The van der Waals surface area contributed by atoms with Gasteiger partial charge >= 0.3 is 0 Å². The number of carbonyl (C=O) groups excluding carboxylic acids is 1. The minimum Gasteiger partial charge on any atom is -0.394 e. The Hall–Kier alpha value is -1.21. The monoisotopic (exact) mass is 1090 g/mol. The first kappa shape index (κ1) is 75.8. The number of hydrogen-bond acceptors (Lipinski definition) is 5. The van der Waals surface area contributed by atoms with Crippen molar-refractivity contribution >= 4 is 5.91 Å². The summed E-state index contributed by atoms with van der Waals surface area (Å²) < 4.78 is 0. The zero-order valence-corrected chi connectivity index (χ0v) is 52.2. The molecule has 0 aliphatic rings. The molecule has 0 radical (unpaired) electrons. The lowest BCUT2D eigenvalue weighted by molar-refractivity contribution is -0.132. The topological polar surface area (TPSA) is 110 Å². The summed E-state index contributed by atoms with van der Waals surface area (Å²) in [6, 6.07) is -1.01. The molecule has 0 rings (SSSR count). The highest BCUT2D eigenvalue weighted by Gasteiger charge is 2.28. The number of rotatable bonds is 66. The molecule has 1 amide bonds. The van der Waals surface area contributed by atoms with E-state index in [1.54, 1.807) is 0 Å². The Morgan fingerprint density at radius 1 is 0.312 bits per heavy atom. The summed E-state index contributed by atoms with van der Waals surface area (Å²) in [5.41, 5.74) is 0. The van der Waals surface area contributed by atoms with Crippen LogP contribution in [0.15, 0.2) is 24.3 Å². The van der Waals surface area contributed by atoms with Crippen LogP contribution in [0.25, 0.3) is 0 Å². The molecule has 5 N–H and O–H groups in total. The van der Waals surface area contributed by atoms with Crippen molar-refractivity contribution in [2.45, 2.75) is 417 Å². The quantitative estimate of drug-likeness (QED) is 0.0308. The van der Waals surface area contributed by atoms with E-state index in [4.69, 9.17) is 0 Å². The van der Waals surface area contributed by atoms with Crippen LogP contribution < -0.4 is 5.32 Å². The molecule has 458 valence electrons. The standard InChI is InChI=1S/C71H139NO5/c1-3-5-7-9-11-13-15-17-19-21-23-25-27-29-31-33-34-35-37-39-41-43-45-47-49-51-53-55-57-59-61-63-65-69(75)71(77)72-67(66-73)70(76)68(74)64-62-60-58-56-54-52-50-48-46-44-42-40-38-36-32-30-28-26-24-22-20-18-16-14-12-10-8-6-4-2/h48,50,56,58,67-70,73-76H,3-47,49,51-55,57,59-66H2,1-2H3,(H,72,77)/b50-48+,58-56+. The average Bonchev–Trinajstić information content (AvgIpc) is 3.43. The molecule has 0 fully saturated rings. The van der Waals surface area contributed by atoms with Gasteiger partial charge < -0.3 is 25.7 Å². The van der Waals surface area contributed by atoms with Gasteiger partial charge in [-0.05, 0) is 51.4 Å². The smallest absolute Gasteiger partial charge is 0.249 e. The van der Waals surface area contributed by atoms with Crippen LogP contribution in [0.1, 0.15) is 393 Å². The first-order valence-corrected chi connectivity index (χ1v) is 35.2. The van der Waals surface area contributed by atoms with Crippen molar-refractivity contribution in [3.8, 4) is 0 Å². The van der Waals surface area contributed by atoms with E-state index in [2.05, 4.69) is 43.5 Å². The molecule has 0 saturated carbocycles. The maximum absolute atomic E-state index is 12.7. The van der Waals surface area contributed by atoms with Gasteiger partial charge in [0.05, 0.1) is 18.8 Å². The Balaban J connectivity index is 3.57. The lowest BCUT2D eigenvalue weighted by Gasteiger charge is -2.27. The van der Waals surface area contributed by atoms with Crippen molar-refractivity contribution in [1.29, 1.82) is 0 Å². The second kappa shape index (κ2) is 65.6. The van der Waals surface area contributed by atoms with Crippen LogP contribution in [-0.4, -0.2) is 57.3 Å². The van der Waals surface area contributed by atoms with Gasteiger partial charge in [-0.25, -0.2) is 0 Å². The molecule has 0 aromatic carbocycles. The van der Waals surface area contributed by atoms with Gasteiger partial charge in [-0.3, -0.25) is 4.79 Å². The maximum atomic E-state index is 12.7. The van der Waals surface area contributed by atoms with Crippen LogP contribution in [0.2, 0.25) is 0 Å². The van der Waals surface area contributed by atoms with Crippen LogP contribution in [0.4, 0.5) is 0 Å². The molecule has 4 atom stereocenters. The minimum absolute atomic E-state index is 0.365. The van der Waals surface area contributed by atoms with Gasteiger partial charge in [0.15, 0.2) is 0 Å². The molecular formula is C71H139NO5. The molecule has 0 aromatic rings. The molecule has 6 nitrogen and oxygen atoms in total. The molecular weight excluding hydrogens is 947 g/mol. The number of unbranched alkanes of at least 4 members (excludes halogenated alkanes) is 53. The molecule has 0 aliphatic heterocycles. The fraction of sp³-hybridized carbons (Fsp3) is 0.930. The Morgan fingerprint density at radius 3 is 0.818 bits per heavy atom. The summed E-state index contributed by atoms with van der Waals surface area (Å²) in [5.74, 6) is -0.589. The molecule has 77 heavy (non-hydrogen) atoms. The number of aliphatic hydroxyl groups excluding tert-OH is 4. The minimum atomic E-state index is -1.29. The normalized spacial score (nSPS) is 13.6. The van der Waals surface area contributed by atoms with Gasteiger partial charge in [-0.1, -0.05) is 366 Å².